The predicted octanol–water partition coefficient (Wildman–Crippen LogP) is 3.89. The Balaban J connectivity index is 1.57. The normalized spacial score (nSPS) is 41.7. The van der Waals surface area contributed by atoms with Gasteiger partial charge in [0.1, 0.15) is 24.2 Å². The number of ether oxygens (including phenoxy) is 2. The van der Waals surface area contributed by atoms with Crippen LogP contribution >= 0.6 is 0 Å². The average Bonchev–Trinajstić information content (AvgIpc) is 3.07. The number of hydrogen-bond acceptors (Lipinski definition) is 4. The van der Waals surface area contributed by atoms with Gasteiger partial charge in [0.25, 0.3) is 0 Å². The number of ketones is 1. The van der Waals surface area contributed by atoms with Crippen LogP contribution in [0.25, 0.3) is 0 Å². The molecule has 7 rings (SSSR count). The average molecular weight is 408 g/mol. The van der Waals surface area contributed by atoms with Crippen molar-refractivity contribution in [3.63, 3.8) is 0 Å². The van der Waals surface area contributed by atoms with Crippen LogP contribution in [-0.2, 0) is 21.4 Å². The lowest BCUT2D eigenvalue weighted by atomic mass is 9.33. The van der Waals surface area contributed by atoms with Crippen LogP contribution in [0, 0.1) is 23.2 Å². The van der Waals surface area contributed by atoms with Crippen molar-refractivity contribution in [3.05, 3.63) is 42.0 Å². The molecular weight excluding hydrogens is 378 g/mol. The molecule has 1 saturated heterocycles. The van der Waals surface area contributed by atoms with E-state index in [2.05, 4.69) is 31.7 Å². The highest BCUT2D eigenvalue weighted by molar-refractivity contribution is 5.80. The monoisotopic (exact) mass is 407 g/mol. The molecule has 0 radical (unpaired) electrons. The van der Waals surface area contributed by atoms with Gasteiger partial charge < -0.3 is 14.4 Å². The summed E-state index contributed by atoms with van der Waals surface area (Å²) in [6, 6.07) is 6.43. The fourth-order valence-corrected chi connectivity index (χ4v) is 8.51. The lowest BCUT2D eigenvalue weighted by molar-refractivity contribution is -0.219. The molecule has 0 N–H and O–H groups in total. The number of benzene rings is 1. The van der Waals surface area contributed by atoms with E-state index >= 15 is 0 Å². The van der Waals surface area contributed by atoms with Gasteiger partial charge in [0.15, 0.2) is 0 Å². The quantitative estimate of drug-likeness (QED) is 0.714. The Morgan fingerprint density at radius 3 is 3.00 bits per heavy atom. The smallest absolute Gasteiger partial charge is 0.410 e. The molecule has 2 aliphatic heterocycles. The summed E-state index contributed by atoms with van der Waals surface area (Å²) in [6.07, 6.45) is 4.95. The Morgan fingerprint density at radius 2 is 2.23 bits per heavy atom. The number of fused-ring (bicyclic) bond motifs is 2. The van der Waals surface area contributed by atoms with E-state index in [9.17, 15) is 9.59 Å². The van der Waals surface area contributed by atoms with Gasteiger partial charge in [-0.05, 0) is 50.2 Å². The predicted molar refractivity (Wildman–Crippen MR) is 111 cm³/mol. The zero-order chi connectivity index (χ0) is 20.8. The van der Waals surface area contributed by atoms with E-state index < -0.39 is 0 Å². The van der Waals surface area contributed by atoms with Crippen molar-refractivity contribution >= 4 is 11.9 Å². The van der Waals surface area contributed by atoms with E-state index in [1.54, 1.807) is 13.0 Å². The highest BCUT2D eigenvalue weighted by Gasteiger charge is 2.78. The van der Waals surface area contributed by atoms with Crippen LogP contribution < -0.4 is 4.74 Å². The van der Waals surface area contributed by atoms with Crippen molar-refractivity contribution < 1.29 is 19.1 Å². The molecule has 0 aromatic heterocycles. The van der Waals surface area contributed by atoms with E-state index in [1.807, 2.05) is 4.90 Å². The Hall–Kier alpha value is -2.30. The molecule has 2 heterocycles. The number of nitrogens with zero attached hydrogens (tertiary/aromatic N) is 1. The van der Waals surface area contributed by atoms with E-state index in [1.165, 1.54) is 11.1 Å². The first-order valence-electron chi connectivity index (χ1n) is 11.3. The number of rotatable bonds is 3. The fourth-order valence-electron chi connectivity index (χ4n) is 8.51. The molecule has 5 heteroatoms. The molecule has 158 valence electrons. The molecule has 3 saturated carbocycles. The summed E-state index contributed by atoms with van der Waals surface area (Å²) in [5.41, 5.74) is 2.47. The van der Waals surface area contributed by atoms with Crippen molar-refractivity contribution in [1.82, 2.24) is 4.90 Å². The summed E-state index contributed by atoms with van der Waals surface area (Å²) >= 11 is 0. The lowest BCUT2D eigenvalue weighted by Gasteiger charge is -2.73. The minimum atomic E-state index is -0.251. The molecule has 4 aliphatic carbocycles. The van der Waals surface area contributed by atoms with Crippen LogP contribution in [0.1, 0.15) is 44.2 Å². The first kappa shape index (κ1) is 18.5. The Morgan fingerprint density at radius 1 is 1.40 bits per heavy atom. The van der Waals surface area contributed by atoms with Gasteiger partial charge in [0.05, 0.1) is 0 Å². The summed E-state index contributed by atoms with van der Waals surface area (Å²) < 4.78 is 12.2. The van der Waals surface area contributed by atoms with Crippen LogP contribution in [0.2, 0.25) is 0 Å². The summed E-state index contributed by atoms with van der Waals surface area (Å²) in [4.78, 5) is 27.8. The topological polar surface area (TPSA) is 55.8 Å². The second kappa shape index (κ2) is 5.89. The molecule has 1 amide bonds. The summed E-state index contributed by atoms with van der Waals surface area (Å²) in [6.45, 7) is 8.67. The summed E-state index contributed by atoms with van der Waals surface area (Å²) in [5, 5.41) is 0. The maximum Gasteiger partial charge on any atom is 0.410 e. The number of piperidine rings is 1. The minimum Gasteiger partial charge on any atom is -0.489 e. The van der Waals surface area contributed by atoms with E-state index in [0.717, 1.165) is 31.4 Å². The lowest BCUT2D eigenvalue weighted by Crippen LogP contribution is -2.79. The maximum atomic E-state index is 13.1. The molecule has 6 aliphatic rings. The van der Waals surface area contributed by atoms with Crippen LogP contribution in [0.3, 0.4) is 0 Å². The number of hydrogen-bond donors (Lipinski definition) is 0. The highest BCUT2D eigenvalue weighted by Crippen LogP contribution is 2.76. The van der Waals surface area contributed by atoms with Gasteiger partial charge in [0, 0.05) is 40.8 Å². The molecule has 30 heavy (non-hydrogen) atoms. The Labute approximate surface area is 177 Å². The number of Topliss-reactive ketones (excluding diaryl/α,β-unsaturated/α-hetero) is 1. The first-order chi connectivity index (χ1) is 14.5. The van der Waals surface area contributed by atoms with E-state index in [-0.39, 0.29) is 53.3 Å². The van der Waals surface area contributed by atoms with Crippen molar-refractivity contribution in [2.75, 3.05) is 13.2 Å². The van der Waals surface area contributed by atoms with Crippen LogP contribution in [0.4, 0.5) is 4.79 Å². The molecule has 1 aromatic rings. The fraction of sp³-hybridized carbons (Fsp3) is 0.600. The number of carbonyl (C=O) groups is 2. The van der Waals surface area contributed by atoms with Crippen LogP contribution in [0.5, 0.6) is 5.75 Å². The minimum absolute atomic E-state index is 0.0156. The number of amides is 1. The van der Waals surface area contributed by atoms with E-state index in [4.69, 9.17) is 9.47 Å². The molecule has 4 bridgehead atoms. The van der Waals surface area contributed by atoms with Gasteiger partial charge in [-0.2, -0.15) is 0 Å². The maximum absolute atomic E-state index is 13.1. The van der Waals surface area contributed by atoms with Gasteiger partial charge in [-0.25, -0.2) is 4.79 Å². The summed E-state index contributed by atoms with van der Waals surface area (Å²) in [7, 11) is 0. The first-order valence-corrected chi connectivity index (χ1v) is 11.3. The van der Waals surface area contributed by atoms with Crippen LogP contribution in [0.15, 0.2) is 30.9 Å². The van der Waals surface area contributed by atoms with Crippen LogP contribution in [-0.4, -0.2) is 42.1 Å². The van der Waals surface area contributed by atoms with Crippen molar-refractivity contribution in [3.8, 4) is 5.75 Å². The zero-order valence-electron chi connectivity index (χ0n) is 17.7. The third-order valence-corrected chi connectivity index (χ3v) is 9.31. The molecule has 5 nitrogen and oxygen atoms in total. The molecule has 7 atom stereocenters. The Kier molecular flexibility index (Phi) is 3.63. The van der Waals surface area contributed by atoms with E-state index in [0.29, 0.717) is 12.5 Å². The molecule has 2 spiro atoms. The summed E-state index contributed by atoms with van der Waals surface area (Å²) in [5.74, 6) is 1.99. The van der Waals surface area contributed by atoms with Gasteiger partial charge in [-0.3, -0.25) is 4.79 Å². The molecule has 1 aromatic carbocycles. The standard InChI is InChI=1S/C25H29NO4/c1-4-10-29-23(28)26-9-8-24-21-16-6-5-7-19(21)30-22(24)17-11-14(2)25(24,20(26)12-16)13-18(17)15(3)27/h4-7,14,17-18,20,22H,1,8-13H2,2-3H3/t14-,17?,18?,20-,22+,24+,25?/m1/s1. The second-order valence-electron chi connectivity index (χ2n) is 10.1. The molecule has 4 fully saturated rings. The van der Waals surface area contributed by atoms with Crippen molar-refractivity contribution in [1.29, 1.82) is 0 Å². The van der Waals surface area contributed by atoms with Gasteiger partial charge in [-0.1, -0.05) is 31.7 Å². The highest BCUT2D eigenvalue weighted by atomic mass is 16.6. The SMILES string of the molecule is C=CCOC(=O)N1CC[C@]23c4c5cccc4O[C@H]2C2C[C@@H](C)C3(CC2C(C)=O)[C@H]1C5. The Bertz CT molecular complexity index is 972. The number of carbonyl (C=O) groups excluding carboxylic acids is 2. The van der Waals surface area contributed by atoms with Gasteiger partial charge in [-0.15, -0.1) is 0 Å². The molecule has 3 unspecified atom stereocenters. The third-order valence-electron chi connectivity index (χ3n) is 9.31. The number of likely N-dealkylation sites (tertiary alicyclic amines) is 1. The van der Waals surface area contributed by atoms with Crippen molar-refractivity contribution in [2.45, 2.75) is 57.1 Å². The molecular formula is C25H29NO4. The zero-order valence-corrected chi connectivity index (χ0v) is 17.7. The largest absolute Gasteiger partial charge is 0.489 e. The van der Waals surface area contributed by atoms with Gasteiger partial charge >= 0.3 is 6.09 Å². The van der Waals surface area contributed by atoms with Gasteiger partial charge in [0.2, 0.25) is 0 Å². The second-order valence-corrected chi connectivity index (χ2v) is 10.1. The third kappa shape index (κ3) is 1.86. The van der Waals surface area contributed by atoms with Crippen molar-refractivity contribution in [2.24, 2.45) is 23.2 Å².